The van der Waals surface area contributed by atoms with Gasteiger partial charge in [0, 0.05) is 37.2 Å². The Balaban J connectivity index is 1.76. The molecule has 0 bridgehead atoms. The van der Waals surface area contributed by atoms with E-state index in [9.17, 15) is 4.79 Å². The van der Waals surface area contributed by atoms with Crippen LogP contribution in [-0.2, 0) is 0 Å². The Kier molecular flexibility index (Phi) is 6.27. The van der Waals surface area contributed by atoms with Crippen molar-refractivity contribution >= 4 is 22.4 Å². The number of carbonyl (C=O) groups is 1. The van der Waals surface area contributed by atoms with E-state index in [1.807, 2.05) is 51.1 Å². The minimum atomic E-state index is -0.0883. The van der Waals surface area contributed by atoms with Crippen molar-refractivity contribution in [3.05, 3.63) is 52.3 Å². The first kappa shape index (κ1) is 21.4. The van der Waals surface area contributed by atoms with Gasteiger partial charge in [-0.3, -0.25) is 9.78 Å². The van der Waals surface area contributed by atoms with Crippen molar-refractivity contribution < 1.29 is 4.79 Å². The third kappa shape index (κ3) is 4.30. The van der Waals surface area contributed by atoms with E-state index >= 15 is 0 Å². The lowest BCUT2D eigenvalue weighted by Gasteiger charge is -2.36. The number of piperidine rings is 1. The van der Waals surface area contributed by atoms with Crippen molar-refractivity contribution in [1.82, 2.24) is 24.8 Å². The van der Waals surface area contributed by atoms with Crippen LogP contribution in [0, 0.1) is 20.8 Å². The molecule has 4 heterocycles. The number of nitrogens with zero attached hydrogens (tertiary/aromatic N) is 5. The lowest BCUT2D eigenvalue weighted by atomic mass is 9.92. The average Bonchev–Trinajstić information content (AvgIpc) is 3.14. The lowest BCUT2D eigenvalue weighted by molar-refractivity contribution is 0.0610. The second-order valence-corrected chi connectivity index (χ2v) is 8.88. The highest BCUT2D eigenvalue weighted by molar-refractivity contribution is 7.17. The van der Waals surface area contributed by atoms with E-state index in [1.165, 1.54) is 11.3 Å². The van der Waals surface area contributed by atoms with Crippen LogP contribution in [0.2, 0.25) is 0 Å². The molecule has 0 spiro atoms. The van der Waals surface area contributed by atoms with E-state index in [1.54, 1.807) is 6.20 Å². The normalized spacial score (nSPS) is 16.4. The van der Waals surface area contributed by atoms with Gasteiger partial charge in [0.15, 0.2) is 5.13 Å². The van der Waals surface area contributed by atoms with Gasteiger partial charge in [-0.15, -0.1) is 0 Å². The standard InChI is InChI=1S/C23H28N6OS/c1-5-25-23-27-15(3)21(31-23)22(30)29-11-7-6-8-19(29)20-18(13-26-16(4)28-20)17-9-10-24-12-14(17)2/h9-10,12-13,19H,5-8,11H2,1-4H3,(H,25,27). The number of aryl methyl sites for hydroxylation is 3. The quantitative estimate of drug-likeness (QED) is 0.623. The fourth-order valence-electron chi connectivity index (χ4n) is 4.14. The first-order valence-electron chi connectivity index (χ1n) is 10.8. The summed E-state index contributed by atoms with van der Waals surface area (Å²) in [4.78, 5) is 34.4. The second kappa shape index (κ2) is 9.09. The summed E-state index contributed by atoms with van der Waals surface area (Å²) in [6, 6.07) is 1.91. The molecule has 1 fully saturated rings. The average molecular weight is 437 g/mol. The maximum atomic E-state index is 13.6. The molecule has 1 saturated heterocycles. The summed E-state index contributed by atoms with van der Waals surface area (Å²) < 4.78 is 0. The van der Waals surface area contributed by atoms with Crippen LogP contribution >= 0.6 is 11.3 Å². The van der Waals surface area contributed by atoms with E-state index in [-0.39, 0.29) is 11.9 Å². The Morgan fingerprint density at radius 2 is 2.03 bits per heavy atom. The van der Waals surface area contributed by atoms with Gasteiger partial charge in [0.1, 0.15) is 10.7 Å². The van der Waals surface area contributed by atoms with Gasteiger partial charge in [-0.05, 0) is 64.2 Å². The molecular formula is C23H28N6OS. The topological polar surface area (TPSA) is 83.9 Å². The zero-order valence-corrected chi connectivity index (χ0v) is 19.3. The number of carbonyl (C=O) groups excluding carboxylic acids is 1. The molecule has 0 saturated carbocycles. The fraction of sp³-hybridized carbons (Fsp3) is 0.435. The summed E-state index contributed by atoms with van der Waals surface area (Å²) in [6.45, 7) is 9.37. The number of hydrogen-bond donors (Lipinski definition) is 1. The number of thiazole rings is 1. The molecule has 1 atom stereocenters. The van der Waals surface area contributed by atoms with Crippen molar-refractivity contribution in [2.24, 2.45) is 0 Å². The Morgan fingerprint density at radius 3 is 2.81 bits per heavy atom. The minimum absolute atomic E-state index is 0.0394. The smallest absolute Gasteiger partial charge is 0.266 e. The molecule has 1 unspecified atom stereocenters. The monoisotopic (exact) mass is 436 g/mol. The van der Waals surface area contributed by atoms with Crippen molar-refractivity contribution in [3.63, 3.8) is 0 Å². The van der Waals surface area contributed by atoms with E-state index in [2.05, 4.69) is 20.3 Å². The molecule has 1 aliphatic rings. The lowest BCUT2D eigenvalue weighted by Crippen LogP contribution is -2.39. The zero-order chi connectivity index (χ0) is 22.0. The molecule has 0 aliphatic carbocycles. The van der Waals surface area contributed by atoms with Crippen molar-refractivity contribution in [3.8, 4) is 11.1 Å². The molecule has 3 aromatic rings. The predicted molar refractivity (Wildman–Crippen MR) is 123 cm³/mol. The van der Waals surface area contributed by atoms with Crippen LogP contribution < -0.4 is 5.32 Å². The summed E-state index contributed by atoms with van der Waals surface area (Å²) in [5.41, 5.74) is 4.80. The van der Waals surface area contributed by atoms with Gasteiger partial charge in [-0.2, -0.15) is 0 Å². The summed E-state index contributed by atoms with van der Waals surface area (Å²) in [5, 5.41) is 4.02. The largest absolute Gasteiger partial charge is 0.362 e. The molecule has 3 aromatic heterocycles. The molecule has 1 amide bonds. The molecule has 31 heavy (non-hydrogen) atoms. The molecule has 0 aromatic carbocycles. The molecule has 1 aliphatic heterocycles. The number of pyridine rings is 1. The number of anilines is 1. The van der Waals surface area contributed by atoms with Gasteiger partial charge in [0.05, 0.1) is 17.4 Å². The number of hydrogen-bond acceptors (Lipinski definition) is 7. The van der Waals surface area contributed by atoms with Crippen LogP contribution in [0.4, 0.5) is 5.13 Å². The Hall–Kier alpha value is -2.87. The number of nitrogens with one attached hydrogen (secondary N) is 1. The third-order valence-corrected chi connectivity index (χ3v) is 6.75. The maximum absolute atomic E-state index is 13.6. The number of rotatable bonds is 5. The highest BCUT2D eigenvalue weighted by Gasteiger charge is 2.33. The Labute approximate surface area is 187 Å². The van der Waals surface area contributed by atoms with E-state index < -0.39 is 0 Å². The minimum Gasteiger partial charge on any atom is -0.362 e. The molecule has 162 valence electrons. The number of aromatic nitrogens is 4. The molecule has 7 nitrogen and oxygen atoms in total. The summed E-state index contributed by atoms with van der Waals surface area (Å²) in [5.74, 6) is 0.754. The number of likely N-dealkylation sites (tertiary alicyclic amines) is 1. The van der Waals surface area contributed by atoms with Crippen LogP contribution in [0.5, 0.6) is 0 Å². The second-order valence-electron chi connectivity index (χ2n) is 7.88. The van der Waals surface area contributed by atoms with Crippen LogP contribution in [0.25, 0.3) is 11.1 Å². The van der Waals surface area contributed by atoms with E-state index in [0.717, 1.165) is 65.6 Å². The summed E-state index contributed by atoms with van der Waals surface area (Å²) >= 11 is 1.43. The first-order valence-corrected chi connectivity index (χ1v) is 11.6. The maximum Gasteiger partial charge on any atom is 0.266 e. The van der Waals surface area contributed by atoms with Crippen LogP contribution in [0.3, 0.4) is 0 Å². The van der Waals surface area contributed by atoms with Crippen molar-refractivity contribution in [2.45, 2.75) is 53.0 Å². The van der Waals surface area contributed by atoms with Gasteiger partial charge < -0.3 is 10.2 Å². The van der Waals surface area contributed by atoms with E-state index in [0.29, 0.717) is 10.7 Å². The molecular weight excluding hydrogens is 408 g/mol. The first-order chi connectivity index (χ1) is 15.0. The van der Waals surface area contributed by atoms with E-state index in [4.69, 9.17) is 4.98 Å². The van der Waals surface area contributed by atoms with Crippen LogP contribution in [-0.4, -0.2) is 43.8 Å². The SMILES string of the molecule is CCNc1nc(C)c(C(=O)N2CCCCC2c2nc(C)ncc2-c2ccncc2C)s1. The summed E-state index contributed by atoms with van der Waals surface area (Å²) in [6.07, 6.45) is 8.48. The Bertz CT molecular complexity index is 1100. The van der Waals surface area contributed by atoms with Gasteiger partial charge >= 0.3 is 0 Å². The molecule has 4 rings (SSSR count). The molecule has 8 heteroatoms. The van der Waals surface area contributed by atoms with Crippen LogP contribution in [0.1, 0.15) is 64.7 Å². The fourth-order valence-corrected chi connectivity index (χ4v) is 5.13. The van der Waals surface area contributed by atoms with Crippen LogP contribution in [0.15, 0.2) is 24.7 Å². The van der Waals surface area contributed by atoms with Crippen molar-refractivity contribution in [2.75, 3.05) is 18.4 Å². The van der Waals surface area contributed by atoms with Gasteiger partial charge in [-0.1, -0.05) is 11.3 Å². The Morgan fingerprint density at radius 1 is 1.19 bits per heavy atom. The molecule has 1 N–H and O–H groups in total. The highest BCUT2D eigenvalue weighted by Crippen LogP contribution is 2.38. The summed E-state index contributed by atoms with van der Waals surface area (Å²) in [7, 11) is 0. The predicted octanol–water partition coefficient (Wildman–Crippen LogP) is 4.72. The van der Waals surface area contributed by atoms with Crippen molar-refractivity contribution in [1.29, 1.82) is 0 Å². The van der Waals surface area contributed by atoms with Gasteiger partial charge in [-0.25, -0.2) is 15.0 Å². The molecule has 0 radical (unpaired) electrons. The van der Waals surface area contributed by atoms with Gasteiger partial charge in [0.25, 0.3) is 5.91 Å². The van der Waals surface area contributed by atoms with Gasteiger partial charge in [0.2, 0.25) is 0 Å². The third-order valence-electron chi connectivity index (χ3n) is 5.65. The number of amides is 1. The zero-order valence-electron chi connectivity index (χ0n) is 18.5. The highest BCUT2D eigenvalue weighted by atomic mass is 32.1.